The van der Waals surface area contributed by atoms with Crippen molar-refractivity contribution in [3.8, 4) is 5.75 Å². The maximum Gasteiger partial charge on any atom is 0.408 e. The van der Waals surface area contributed by atoms with Gasteiger partial charge in [-0.3, -0.25) is 0 Å². The molecule has 1 aliphatic rings. The largest absolute Gasteiger partial charge is 0.491 e. The van der Waals surface area contributed by atoms with E-state index in [2.05, 4.69) is 5.32 Å². The van der Waals surface area contributed by atoms with Crippen LogP contribution in [-0.4, -0.2) is 56.9 Å². The minimum atomic E-state index is -0.847. The fraction of sp³-hybridized carbons (Fsp3) is 0.636. The fourth-order valence-corrected chi connectivity index (χ4v) is 2.92. The predicted molar refractivity (Wildman–Crippen MR) is 110 cm³/mol. The van der Waals surface area contributed by atoms with Gasteiger partial charge in [-0.15, -0.1) is 0 Å². The molecule has 0 spiro atoms. The summed E-state index contributed by atoms with van der Waals surface area (Å²) in [4.78, 5) is 24.1. The van der Waals surface area contributed by atoms with Crippen molar-refractivity contribution in [2.75, 3.05) is 26.9 Å². The number of carbonyl (C=O) groups excluding carboxylic acids is 2. The minimum Gasteiger partial charge on any atom is -0.491 e. The molecule has 0 aromatic heterocycles. The van der Waals surface area contributed by atoms with Crippen LogP contribution in [0.1, 0.15) is 45.6 Å². The second-order valence-corrected chi connectivity index (χ2v) is 8.09. The molecular formula is C22H33NO7. The number of benzene rings is 1. The van der Waals surface area contributed by atoms with E-state index >= 15 is 0 Å². The van der Waals surface area contributed by atoms with Crippen LogP contribution in [0.3, 0.4) is 0 Å². The van der Waals surface area contributed by atoms with Crippen molar-refractivity contribution in [3.63, 3.8) is 0 Å². The van der Waals surface area contributed by atoms with E-state index in [4.69, 9.17) is 23.7 Å². The zero-order chi connectivity index (χ0) is 22.0. The molecule has 8 heteroatoms. The van der Waals surface area contributed by atoms with Crippen molar-refractivity contribution in [1.82, 2.24) is 5.32 Å². The molecule has 1 amide bonds. The van der Waals surface area contributed by atoms with Gasteiger partial charge in [0.1, 0.15) is 24.0 Å². The third-order valence-corrected chi connectivity index (χ3v) is 4.33. The molecule has 0 aliphatic carbocycles. The van der Waals surface area contributed by atoms with E-state index < -0.39 is 23.7 Å². The van der Waals surface area contributed by atoms with E-state index in [0.717, 1.165) is 31.4 Å². The summed E-state index contributed by atoms with van der Waals surface area (Å²) in [5.74, 6) is 0.157. The molecule has 1 heterocycles. The molecule has 0 unspecified atom stereocenters. The third-order valence-electron chi connectivity index (χ3n) is 4.33. The first-order valence-corrected chi connectivity index (χ1v) is 10.3. The van der Waals surface area contributed by atoms with E-state index in [1.54, 1.807) is 20.8 Å². The summed E-state index contributed by atoms with van der Waals surface area (Å²) in [6.45, 7) is 6.90. The standard InChI is InChI=1S/C22H33NO7/c1-22(2,3)30-21(25)23-18(20(24)26-4)15-16-8-10-17(11-9-16)27-13-14-29-19-7-5-6-12-28-19/h8-11,18-19H,5-7,12-15H2,1-4H3,(H,23,25)/t18-,19-/m0/s1. The number of amides is 1. The molecule has 0 radical (unpaired) electrons. The summed E-state index contributed by atoms with van der Waals surface area (Å²) in [6, 6.07) is 6.46. The second kappa shape index (κ2) is 11.8. The molecule has 2 rings (SSSR count). The van der Waals surface area contributed by atoms with Crippen LogP contribution in [0, 0.1) is 0 Å². The molecule has 1 saturated heterocycles. The Morgan fingerprint density at radius 2 is 1.90 bits per heavy atom. The number of alkyl carbamates (subject to hydrolysis) is 1. The summed E-state index contributed by atoms with van der Waals surface area (Å²) >= 11 is 0. The Bertz CT molecular complexity index is 663. The monoisotopic (exact) mass is 423 g/mol. The summed E-state index contributed by atoms with van der Waals surface area (Å²) < 4.78 is 26.9. The van der Waals surface area contributed by atoms with Gasteiger partial charge in [0.05, 0.1) is 13.7 Å². The summed E-state index contributed by atoms with van der Waals surface area (Å²) in [5, 5.41) is 2.57. The zero-order valence-electron chi connectivity index (χ0n) is 18.3. The van der Waals surface area contributed by atoms with E-state index in [-0.39, 0.29) is 12.7 Å². The molecule has 0 bridgehead atoms. The normalized spacial score (nSPS) is 17.7. The lowest BCUT2D eigenvalue weighted by Crippen LogP contribution is -2.45. The highest BCUT2D eigenvalue weighted by Crippen LogP contribution is 2.16. The highest BCUT2D eigenvalue weighted by atomic mass is 16.7. The Labute approximate surface area is 178 Å². The van der Waals surface area contributed by atoms with E-state index in [9.17, 15) is 9.59 Å². The maximum absolute atomic E-state index is 12.0. The van der Waals surface area contributed by atoms with Crippen LogP contribution in [0.2, 0.25) is 0 Å². The Kier molecular flexibility index (Phi) is 9.39. The smallest absolute Gasteiger partial charge is 0.408 e. The minimum absolute atomic E-state index is 0.127. The summed E-state index contributed by atoms with van der Waals surface area (Å²) in [7, 11) is 1.28. The highest BCUT2D eigenvalue weighted by Gasteiger charge is 2.25. The first-order chi connectivity index (χ1) is 14.3. The first kappa shape index (κ1) is 24.0. The van der Waals surface area contributed by atoms with E-state index in [1.807, 2.05) is 24.3 Å². The Morgan fingerprint density at radius 1 is 1.17 bits per heavy atom. The van der Waals surface area contributed by atoms with Gasteiger partial charge in [-0.25, -0.2) is 9.59 Å². The van der Waals surface area contributed by atoms with Gasteiger partial charge in [0.25, 0.3) is 0 Å². The quantitative estimate of drug-likeness (QED) is 0.482. The Morgan fingerprint density at radius 3 is 2.50 bits per heavy atom. The number of esters is 1. The van der Waals surface area contributed by atoms with Crippen LogP contribution in [0.5, 0.6) is 5.75 Å². The lowest BCUT2D eigenvalue weighted by molar-refractivity contribution is -0.165. The van der Waals surface area contributed by atoms with Gasteiger partial charge < -0.3 is 29.0 Å². The zero-order valence-corrected chi connectivity index (χ0v) is 18.3. The molecule has 0 saturated carbocycles. The van der Waals surface area contributed by atoms with Crippen molar-refractivity contribution in [2.24, 2.45) is 0 Å². The topological polar surface area (TPSA) is 92.3 Å². The fourth-order valence-electron chi connectivity index (χ4n) is 2.92. The second-order valence-electron chi connectivity index (χ2n) is 8.09. The van der Waals surface area contributed by atoms with Crippen molar-refractivity contribution in [1.29, 1.82) is 0 Å². The number of carbonyl (C=O) groups is 2. The first-order valence-electron chi connectivity index (χ1n) is 10.3. The SMILES string of the molecule is COC(=O)[C@H](Cc1ccc(OCCO[C@H]2CCCCO2)cc1)NC(=O)OC(C)(C)C. The molecule has 30 heavy (non-hydrogen) atoms. The molecule has 2 atom stereocenters. The number of rotatable bonds is 9. The highest BCUT2D eigenvalue weighted by molar-refractivity contribution is 5.81. The number of ether oxygens (including phenoxy) is 5. The van der Waals surface area contributed by atoms with Crippen LogP contribution < -0.4 is 10.1 Å². The lowest BCUT2D eigenvalue weighted by Gasteiger charge is -2.23. The average molecular weight is 424 g/mol. The molecule has 1 N–H and O–H groups in total. The van der Waals surface area contributed by atoms with Gasteiger partial charge in [-0.05, 0) is 57.7 Å². The number of hydrogen-bond acceptors (Lipinski definition) is 7. The molecule has 1 aliphatic heterocycles. The molecule has 1 fully saturated rings. The Hall–Kier alpha value is -2.32. The van der Waals surface area contributed by atoms with Crippen LogP contribution in [0.15, 0.2) is 24.3 Å². The van der Waals surface area contributed by atoms with Crippen LogP contribution in [0.25, 0.3) is 0 Å². The van der Waals surface area contributed by atoms with Crippen molar-refractivity contribution >= 4 is 12.1 Å². The molecule has 1 aromatic rings. The predicted octanol–water partition coefficient (Wildman–Crippen LogP) is 3.22. The van der Waals surface area contributed by atoms with Crippen molar-refractivity contribution in [2.45, 2.75) is 64.4 Å². The summed E-state index contributed by atoms with van der Waals surface area (Å²) in [6.07, 6.45) is 2.62. The van der Waals surface area contributed by atoms with Gasteiger partial charge in [-0.2, -0.15) is 0 Å². The van der Waals surface area contributed by atoms with E-state index in [1.165, 1.54) is 7.11 Å². The van der Waals surface area contributed by atoms with Crippen LogP contribution in [0.4, 0.5) is 4.79 Å². The molecule has 1 aromatic carbocycles. The van der Waals surface area contributed by atoms with Crippen LogP contribution in [-0.2, 0) is 30.2 Å². The third kappa shape index (κ3) is 9.00. The number of methoxy groups -OCH3 is 1. The van der Waals surface area contributed by atoms with Gasteiger partial charge in [0, 0.05) is 13.0 Å². The van der Waals surface area contributed by atoms with Crippen molar-refractivity contribution in [3.05, 3.63) is 29.8 Å². The molecule has 168 valence electrons. The van der Waals surface area contributed by atoms with Gasteiger partial charge >= 0.3 is 12.1 Å². The van der Waals surface area contributed by atoms with Crippen molar-refractivity contribution < 1.29 is 33.3 Å². The maximum atomic E-state index is 12.0. The number of nitrogens with one attached hydrogen (secondary N) is 1. The Balaban J connectivity index is 1.80. The van der Waals surface area contributed by atoms with E-state index in [0.29, 0.717) is 19.0 Å². The van der Waals surface area contributed by atoms with Gasteiger partial charge in [-0.1, -0.05) is 12.1 Å². The lowest BCUT2D eigenvalue weighted by atomic mass is 10.1. The molecule has 8 nitrogen and oxygen atoms in total. The molecular weight excluding hydrogens is 390 g/mol. The van der Waals surface area contributed by atoms with Gasteiger partial charge in [0.2, 0.25) is 0 Å². The number of hydrogen-bond donors (Lipinski definition) is 1. The van der Waals surface area contributed by atoms with Gasteiger partial charge in [0.15, 0.2) is 6.29 Å². The summed E-state index contributed by atoms with van der Waals surface area (Å²) in [5.41, 5.74) is 0.192. The van der Waals surface area contributed by atoms with Crippen LogP contribution >= 0.6 is 0 Å². The average Bonchev–Trinajstić information content (AvgIpc) is 2.70.